The number of aromatic hydroxyl groups is 1. The van der Waals surface area contributed by atoms with Gasteiger partial charge in [0.2, 0.25) is 6.41 Å². The van der Waals surface area contributed by atoms with Crippen LogP contribution in [0, 0.1) is 5.41 Å². The number of carbonyl (C=O) groups is 2. The molecular weight excluding hydrogens is 436 g/mol. The topological polar surface area (TPSA) is 132 Å². The van der Waals surface area contributed by atoms with Gasteiger partial charge < -0.3 is 25.2 Å². The number of amides is 2. The molecule has 0 bridgehead atoms. The third-order valence-corrected chi connectivity index (χ3v) is 6.09. The summed E-state index contributed by atoms with van der Waals surface area (Å²) in [5.74, 6) is 1.44. The number of aromatic nitrogens is 3. The number of phenolic OH excluding ortho intramolecular Hbond substituents is 1. The molecule has 2 saturated heterocycles. The molecule has 4 heterocycles. The smallest absolute Gasteiger partial charge is 0.258 e. The number of rotatable bonds is 5. The normalized spacial score (nSPS) is 15.7. The van der Waals surface area contributed by atoms with Crippen molar-refractivity contribution in [2.24, 2.45) is 5.41 Å². The lowest BCUT2D eigenvalue weighted by molar-refractivity contribution is -0.131. The fourth-order valence-corrected chi connectivity index (χ4v) is 4.42. The van der Waals surface area contributed by atoms with Gasteiger partial charge in [0.15, 0.2) is 0 Å². The number of likely N-dealkylation sites (tertiary alicyclic amines) is 1. The number of nitrogens with one attached hydrogen (secondary N) is 2. The Bertz CT molecular complexity index is 1240. The number of aromatic amines is 1. The number of pyridine rings is 1. The van der Waals surface area contributed by atoms with E-state index in [2.05, 4.69) is 25.2 Å². The highest BCUT2D eigenvalue weighted by Gasteiger charge is 2.51. The number of phenols is 1. The molecule has 10 nitrogen and oxygen atoms in total. The van der Waals surface area contributed by atoms with E-state index in [1.807, 2.05) is 13.0 Å². The Labute approximate surface area is 196 Å². The number of anilines is 1. The number of fused-ring (bicyclic) bond motifs is 1. The molecule has 2 fully saturated rings. The molecule has 0 unspecified atom stereocenters. The van der Waals surface area contributed by atoms with Crippen molar-refractivity contribution < 1.29 is 14.7 Å². The summed E-state index contributed by atoms with van der Waals surface area (Å²) in [6.45, 7) is 5.58. The molecule has 2 amide bonds. The highest BCUT2D eigenvalue weighted by atomic mass is 16.3. The molecule has 2 aromatic heterocycles. The van der Waals surface area contributed by atoms with Gasteiger partial charge in [0.25, 0.3) is 11.5 Å². The monoisotopic (exact) mass is 464 g/mol. The number of hydrogen-bond acceptors (Lipinski definition) is 7. The largest absolute Gasteiger partial charge is 0.506 e. The molecule has 0 radical (unpaired) electrons. The standard InChI is InChI=1S/C13H16N4O2.C11H12N2O2/c1-14-12(19)10-2-3-11(15-4-10)17-7-13(8-17)5-16(6-13)9-18;1-2-4-9-12-10-7(11(15)13-9)5-3-6-8(10)14/h2-4,9H,5-8H2,1H3,(H,14,19);3,5-6,14H,2,4H2,1H3,(H,12,13,15). The average molecular weight is 465 g/mol. The first-order valence-corrected chi connectivity index (χ1v) is 11.2. The van der Waals surface area contributed by atoms with Gasteiger partial charge in [-0.25, -0.2) is 9.97 Å². The second-order valence-corrected chi connectivity index (χ2v) is 8.79. The van der Waals surface area contributed by atoms with Crippen molar-refractivity contribution in [1.82, 2.24) is 25.2 Å². The molecule has 2 aliphatic heterocycles. The van der Waals surface area contributed by atoms with Crippen LogP contribution in [0.15, 0.2) is 41.3 Å². The summed E-state index contributed by atoms with van der Waals surface area (Å²) in [4.78, 5) is 48.8. The molecule has 1 spiro atoms. The zero-order valence-corrected chi connectivity index (χ0v) is 19.2. The second-order valence-electron chi connectivity index (χ2n) is 8.79. The summed E-state index contributed by atoms with van der Waals surface area (Å²) in [6, 6.07) is 8.47. The van der Waals surface area contributed by atoms with E-state index in [4.69, 9.17) is 0 Å². The van der Waals surface area contributed by atoms with Crippen molar-refractivity contribution in [3.8, 4) is 5.75 Å². The van der Waals surface area contributed by atoms with E-state index >= 15 is 0 Å². The van der Waals surface area contributed by atoms with Crippen LogP contribution in [0.3, 0.4) is 0 Å². The highest BCUT2D eigenvalue weighted by molar-refractivity contribution is 5.93. The molecule has 5 rings (SSSR count). The maximum atomic E-state index is 11.6. The maximum absolute atomic E-state index is 11.6. The highest BCUT2D eigenvalue weighted by Crippen LogP contribution is 2.40. The molecular formula is C24H28N6O4. The summed E-state index contributed by atoms with van der Waals surface area (Å²) in [5.41, 5.74) is 1.03. The van der Waals surface area contributed by atoms with E-state index in [-0.39, 0.29) is 22.6 Å². The minimum atomic E-state index is -0.195. The summed E-state index contributed by atoms with van der Waals surface area (Å²) in [7, 11) is 1.60. The molecule has 0 aliphatic carbocycles. The van der Waals surface area contributed by atoms with Gasteiger partial charge >= 0.3 is 0 Å². The molecule has 34 heavy (non-hydrogen) atoms. The van der Waals surface area contributed by atoms with Crippen LogP contribution in [-0.4, -0.2) is 70.5 Å². The minimum Gasteiger partial charge on any atom is -0.506 e. The summed E-state index contributed by atoms with van der Waals surface area (Å²) in [5, 5.41) is 12.6. The van der Waals surface area contributed by atoms with Gasteiger partial charge in [-0.1, -0.05) is 13.0 Å². The molecule has 10 heteroatoms. The second kappa shape index (κ2) is 9.50. The van der Waals surface area contributed by atoms with Crippen LogP contribution in [-0.2, 0) is 11.2 Å². The zero-order chi connectivity index (χ0) is 24.3. The summed E-state index contributed by atoms with van der Waals surface area (Å²) in [6.07, 6.45) is 4.11. The van der Waals surface area contributed by atoms with Crippen LogP contribution < -0.4 is 15.8 Å². The molecule has 3 N–H and O–H groups in total. The lowest BCUT2D eigenvalue weighted by Crippen LogP contribution is -2.72. The molecule has 0 atom stereocenters. The van der Waals surface area contributed by atoms with Crippen molar-refractivity contribution in [2.75, 3.05) is 38.1 Å². The first-order valence-electron chi connectivity index (χ1n) is 11.2. The number of hydrogen-bond donors (Lipinski definition) is 3. The Kier molecular flexibility index (Phi) is 6.49. The minimum absolute atomic E-state index is 0.0518. The van der Waals surface area contributed by atoms with Crippen molar-refractivity contribution in [3.05, 3.63) is 58.3 Å². The Morgan fingerprint density at radius 3 is 2.62 bits per heavy atom. The average Bonchev–Trinajstić information content (AvgIpc) is 2.79. The summed E-state index contributed by atoms with van der Waals surface area (Å²) >= 11 is 0. The van der Waals surface area contributed by atoms with Crippen molar-refractivity contribution in [1.29, 1.82) is 0 Å². The predicted octanol–water partition coefficient (Wildman–Crippen LogP) is 1.30. The van der Waals surface area contributed by atoms with Crippen molar-refractivity contribution in [2.45, 2.75) is 19.8 Å². The quantitative estimate of drug-likeness (QED) is 0.485. The van der Waals surface area contributed by atoms with Gasteiger partial charge in [0, 0.05) is 51.3 Å². The number of carbonyl (C=O) groups excluding carboxylic acids is 2. The van der Waals surface area contributed by atoms with Crippen LogP contribution >= 0.6 is 0 Å². The van der Waals surface area contributed by atoms with E-state index in [1.165, 1.54) is 6.07 Å². The van der Waals surface area contributed by atoms with E-state index in [0.717, 1.165) is 44.8 Å². The van der Waals surface area contributed by atoms with E-state index in [1.54, 1.807) is 36.3 Å². The van der Waals surface area contributed by atoms with Crippen LogP contribution in [0.25, 0.3) is 10.9 Å². The Hall–Kier alpha value is -3.95. The van der Waals surface area contributed by atoms with E-state index in [0.29, 0.717) is 28.7 Å². The number of para-hydroxylation sites is 1. The van der Waals surface area contributed by atoms with Gasteiger partial charge in [0.1, 0.15) is 22.9 Å². The van der Waals surface area contributed by atoms with Crippen molar-refractivity contribution >= 4 is 29.0 Å². The number of H-pyrrole nitrogens is 1. The van der Waals surface area contributed by atoms with Gasteiger partial charge in [-0.2, -0.15) is 0 Å². The van der Waals surface area contributed by atoms with Gasteiger partial charge in [-0.05, 0) is 30.7 Å². The number of nitrogens with zero attached hydrogens (tertiary/aromatic N) is 4. The van der Waals surface area contributed by atoms with E-state index < -0.39 is 0 Å². The Balaban J connectivity index is 0.000000166. The Morgan fingerprint density at radius 1 is 1.24 bits per heavy atom. The third kappa shape index (κ3) is 4.57. The number of benzene rings is 1. The predicted molar refractivity (Wildman–Crippen MR) is 128 cm³/mol. The molecule has 2 aliphatic rings. The number of aryl methyl sites for hydroxylation is 1. The molecule has 3 aromatic rings. The lowest BCUT2D eigenvalue weighted by atomic mass is 9.73. The fourth-order valence-electron chi connectivity index (χ4n) is 4.42. The van der Waals surface area contributed by atoms with Gasteiger partial charge in [-0.15, -0.1) is 0 Å². The molecule has 1 aromatic carbocycles. The van der Waals surface area contributed by atoms with E-state index in [9.17, 15) is 19.5 Å². The first kappa shape index (κ1) is 23.2. The lowest BCUT2D eigenvalue weighted by Gasteiger charge is -2.59. The Morgan fingerprint density at radius 2 is 2.00 bits per heavy atom. The molecule has 0 saturated carbocycles. The SMILES string of the molecule is CCCc1nc2c(O)cccc2c(=O)[nH]1.CNC(=O)c1ccc(N2CC3(CN(C=O)C3)C2)nc1. The van der Waals surface area contributed by atoms with Crippen LogP contribution in [0.5, 0.6) is 5.75 Å². The van der Waals surface area contributed by atoms with Crippen LogP contribution in [0.2, 0.25) is 0 Å². The van der Waals surface area contributed by atoms with Crippen molar-refractivity contribution in [3.63, 3.8) is 0 Å². The fraction of sp³-hybridized carbons (Fsp3) is 0.375. The molecule has 178 valence electrons. The van der Waals surface area contributed by atoms with Crippen LogP contribution in [0.1, 0.15) is 29.5 Å². The van der Waals surface area contributed by atoms with Gasteiger partial charge in [-0.3, -0.25) is 14.4 Å². The zero-order valence-electron chi connectivity index (χ0n) is 19.2. The third-order valence-electron chi connectivity index (χ3n) is 6.09. The summed E-state index contributed by atoms with van der Waals surface area (Å²) < 4.78 is 0. The first-order chi connectivity index (χ1) is 16.4. The van der Waals surface area contributed by atoms with Crippen LogP contribution in [0.4, 0.5) is 5.82 Å². The maximum Gasteiger partial charge on any atom is 0.258 e. The van der Waals surface area contributed by atoms with Gasteiger partial charge in [0.05, 0.1) is 10.9 Å².